The Hall–Kier alpha value is -2.02. The molecule has 0 unspecified atom stereocenters. The highest BCUT2D eigenvalue weighted by Crippen LogP contribution is 2.30. The molecule has 20 heavy (non-hydrogen) atoms. The van der Waals surface area contributed by atoms with Gasteiger partial charge < -0.3 is 10.1 Å². The number of ether oxygens (including phenoxy) is 1. The molecule has 0 aliphatic heterocycles. The van der Waals surface area contributed by atoms with Crippen LogP contribution < -0.4 is 5.32 Å². The Morgan fingerprint density at radius 1 is 1.40 bits per heavy atom. The zero-order chi connectivity index (χ0) is 14.7. The van der Waals surface area contributed by atoms with Crippen molar-refractivity contribution in [1.82, 2.24) is 15.2 Å². The van der Waals surface area contributed by atoms with E-state index >= 15 is 0 Å². The molecule has 2 rings (SSSR count). The van der Waals surface area contributed by atoms with Crippen LogP contribution in [-0.4, -0.2) is 34.3 Å². The molecule has 0 saturated carbocycles. The normalized spacial score (nSPS) is 10.7. The summed E-state index contributed by atoms with van der Waals surface area (Å²) in [6, 6.07) is 2.23. The highest BCUT2D eigenvalue weighted by atomic mass is 32.1. The molecule has 0 bridgehead atoms. The lowest BCUT2D eigenvalue weighted by atomic mass is 10.2. The number of hydrogen-bond acceptors (Lipinski definition) is 7. The van der Waals surface area contributed by atoms with Crippen LogP contribution in [0.1, 0.15) is 29.3 Å². The van der Waals surface area contributed by atoms with E-state index in [1.54, 1.807) is 6.20 Å². The first-order valence-corrected chi connectivity index (χ1v) is 6.98. The lowest BCUT2D eigenvalue weighted by Gasteiger charge is -2.13. The van der Waals surface area contributed by atoms with Crippen LogP contribution in [0.15, 0.2) is 12.3 Å². The molecular formula is C13H16N4O2S. The summed E-state index contributed by atoms with van der Waals surface area (Å²) < 4.78 is 4.64. The minimum Gasteiger partial charge on any atom is -0.464 e. The summed E-state index contributed by atoms with van der Waals surface area (Å²) in [5.74, 6) is -0.479. The minimum absolute atomic E-state index is 0.235. The number of methoxy groups -OCH3 is 1. The van der Waals surface area contributed by atoms with E-state index in [2.05, 4.69) is 39.1 Å². The number of nitrogens with one attached hydrogen (secondary N) is 1. The van der Waals surface area contributed by atoms with E-state index in [1.165, 1.54) is 18.4 Å². The van der Waals surface area contributed by atoms with Gasteiger partial charge in [-0.25, -0.2) is 4.79 Å². The fourth-order valence-corrected chi connectivity index (χ4v) is 2.45. The predicted molar refractivity (Wildman–Crippen MR) is 78.0 cm³/mol. The molecule has 0 aliphatic rings. The van der Waals surface area contributed by atoms with E-state index < -0.39 is 5.97 Å². The van der Waals surface area contributed by atoms with Gasteiger partial charge in [-0.2, -0.15) is 0 Å². The average molecular weight is 292 g/mol. The first kappa shape index (κ1) is 14.4. The standard InChI is InChI=1S/C13H16N4O2S/c1-7(2)15-10-5-8(3)14-6-9(10)11-16-17-12(20-11)13(18)19-4/h5-7H,1-4H3,(H,14,15). The fourth-order valence-electron chi connectivity index (χ4n) is 1.66. The second-order valence-corrected chi connectivity index (χ2v) is 5.55. The molecule has 0 radical (unpaired) electrons. The van der Waals surface area contributed by atoms with Gasteiger partial charge in [-0.15, -0.1) is 10.2 Å². The highest BCUT2D eigenvalue weighted by Gasteiger charge is 2.17. The smallest absolute Gasteiger partial charge is 0.369 e. The first-order valence-electron chi connectivity index (χ1n) is 6.16. The molecule has 6 nitrogen and oxygen atoms in total. The fraction of sp³-hybridized carbons (Fsp3) is 0.385. The summed E-state index contributed by atoms with van der Waals surface area (Å²) in [6.07, 6.45) is 1.74. The first-order chi connectivity index (χ1) is 9.51. The SMILES string of the molecule is COC(=O)c1nnc(-c2cnc(C)cc2NC(C)C)s1. The van der Waals surface area contributed by atoms with Crippen molar-refractivity contribution in [3.05, 3.63) is 23.0 Å². The molecule has 0 aliphatic carbocycles. The maximum absolute atomic E-state index is 11.4. The van der Waals surface area contributed by atoms with Crippen molar-refractivity contribution < 1.29 is 9.53 Å². The van der Waals surface area contributed by atoms with Crippen molar-refractivity contribution in [2.24, 2.45) is 0 Å². The number of aryl methyl sites for hydroxylation is 1. The number of esters is 1. The largest absolute Gasteiger partial charge is 0.464 e. The van der Waals surface area contributed by atoms with E-state index in [9.17, 15) is 4.79 Å². The topological polar surface area (TPSA) is 77.0 Å². The molecule has 0 atom stereocenters. The van der Waals surface area contributed by atoms with E-state index in [0.717, 1.165) is 16.9 Å². The molecule has 0 aromatic carbocycles. The molecule has 2 aromatic rings. The van der Waals surface area contributed by atoms with Gasteiger partial charge in [0.1, 0.15) is 0 Å². The number of pyridine rings is 1. The summed E-state index contributed by atoms with van der Waals surface area (Å²) in [4.78, 5) is 15.7. The Kier molecular flexibility index (Phi) is 4.29. The summed E-state index contributed by atoms with van der Waals surface area (Å²) in [5, 5.41) is 12.1. The van der Waals surface area contributed by atoms with Crippen molar-refractivity contribution in [2.45, 2.75) is 26.8 Å². The number of anilines is 1. The van der Waals surface area contributed by atoms with Crippen molar-refractivity contribution >= 4 is 23.0 Å². The highest BCUT2D eigenvalue weighted by molar-refractivity contribution is 7.16. The Bertz CT molecular complexity index is 625. The van der Waals surface area contributed by atoms with Crippen LogP contribution in [0.5, 0.6) is 0 Å². The van der Waals surface area contributed by atoms with Crippen molar-refractivity contribution in [2.75, 3.05) is 12.4 Å². The van der Waals surface area contributed by atoms with Crippen LogP contribution in [0, 0.1) is 6.92 Å². The maximum Gasteiger partial charge on any atom is 0.369 e. The van der Waals surface area contributed by atoms with Gasteiger partial charge in [0.25, 0.3) is 0 Å². The second kappa shape index (κ2) is 5.96. The quantitative estimate of drug-likeness (QED) is 0.873. The third-order valence-electron chi connectivity index (χ3n) is 2.50. The third kappa shape index (κ3) is 3.11. The van der Waals surface area contributed by atoms with Crippen molar-refractivity contribution in [1.29, 1.82) is 0 Å². The van der Waals surface area contributed by atoms with Crippen LogP contribution in [0.3, 0.4) is 0 Å². The third-order valence-corrected chi connectivity index (χ3v) is 3.44. The number of carbonyl (C=O) groups is 1. The number of hydrogen-bond donors (Lipinski definition) is 1. The lowest BCUT2D eigenvalue weighted by Crippen LogP contribution is -2.11. The van der Waals surface area contributed by atoms with Crippen LogP contribution >= 0.6 is 11.3 Å². The number of aromatic nitrogens is 3. The van der Waals surface area contributed by atoms with Gasteiger partial charge in [-0.3, -0.25) is 4.98 Å². The molecular weight excluding hydrogens is 276 g/mol. The molecule has 2 aromatic heterocycles. The Morgan fingerprint density at radius 3 is 2.80 bits per heavy atom. The molecule has 106 valence electrons. The van der Waals surface area contributed by atoms with Crippen molar-refractivity contribution in [3.8, 4) is 10.6 Å². The monoisotopic (exact) mass is 292 g/mol. The number of carbonyl (C=O) groups excluding carboxylic acids is 1. The summed E-state index contributed by atoms with van der Waals surface area (Å²) >= 11 is 1.19. The molecule has 0 fully saturated rings. The van der Waals surface area contributed by atoms with Gasteiger partial charge >= 0.3 is 5.97 Å². The zero-order valence-electron chi connectivity index (χ0n) is 11.8. The summed E-state index contributed by atoms with van der Waals surface area (Å²) in [6.45, 7) is 6.04. The number of rotatable bonds is 4. The van der Waals surface area contributed by atoms with E-state index in [4.69, 9.17) is 0 Å². The summed E-state index contributed by atoms with van der Waals surface area (Å²) in [7, 11) is 1.32. The van der Waals surface area contributed by atoms with E-state index in [0.29, 0.717) is 5.01 Å². The Morgan fingerprint density at radius 2 is 2.15 bits per heavy atom. The molecule has 0 spiro atoms. The van der Waals surface area contributed by atoms with E-state index in [1.807, 2.05) is 13.0 Å². The molecule has 7 heteroatoms. The van der Waals surface area contributed by atoms with Gasteiger partial charge in [0.2, 0.25) is 5.01 Å². The molecule has 2 heterocycles. The molecule has 1 N–H and O–H groups in total. The average Bonchev–Trinajstić information content (AvgIpc) is 2.86. The zero-order valence-corrected chi connectivity index (χ0v) is 12.6. The van der Waals surface area contributed by atoms with Crippen LogP contribution in [0.4, 0.5) is 5.69 Å². The Balaban J connectivity index is 2.41. The van der Waals surface area contributed by atoms with Gasteiger partial charge in [0, 0.05) is 23.6 Å². The van der Waals surface area contributed by atoms with E-state index in [-0.39, 0.29) is 11.0 Å². The van der Waals surface area contributed by atoms with Crippen LogP contribution in [0.25, 0.3) is 10.6 Å². The van der Waals surface area contributed by atoms with Crippen LogP contribution in [0.2, 0.25) is 0 Å². The van der Waals surface area contributed by atoms with Crippen molar-refractivity contribution in [3.63, 3.8) is 0 Å². The van der Waals surface area contributed by atoms with Gasteiger partial charge in [-0.05, 0) is 26.8 Å². The van der Waals surface area contributed by atoms with Crippen LogP contribution in [-0.2, 0) is 4.74 Å². The van der Waals surface area contributed by atoms with Gasteiger partial charge in [0.15, 0.2) is 5.01 Å². The van der Waals surface area contributed by atoms with Gasteiger partial charge in [0.05, 0.1) is 12.7 Å². The summed E-state index contributed by atoms with van der Waals surface area (Å²) in [5.41, 5.74) is 2.67. The second-order valence-electron chi connectivity index (χ2n) is 4.57. The lowest BCUT2D eigenvalue weighted by molar-refractivity contribution is 0.0599. The maximum atomic E-state index is 11.4. The predicted octanol–water partition coefficient (Wildman–Crippen LogP) is 2.52. The minimum atomic E-state index is -0.479. The molecule has 0 saturated heterocycles. The van der Waals surface area contributed by atoms with Gasteiger partial charge in [-0.1, -0.05) is 11.3 Å². The Labute approximate surface area is 121 Å². The molecule has 0 amide bonds. The number of nitrogens with zero attached hydrogens (tertiary/aromatic N) is 3.